The van der Waals surface area contributed by atoms with Gasteiger partial charge in [-0.3, -0.25) is 4.79 Å². The van der Waals surface area contributed by atoms with Gasteiger partial charge in [0.25, 0.3) is 0 Å². The lowest BCUT2D eigenvalue weighted by Gasteiger charge is -2.45. The van der Waals surface area contributed by atoms with E-state index in [9.17, 15) is 55.9 Å². The van der Waals surface area contributed by atoms with Gasteiger partial charge in [-0.25, -0.2) is 0 Å². The fourth-order valence-corrected chi connectivity index (χ4v) is 6.31. The normalized spacial score (nSPS) is 37.7. The molecule has 292 valence electrons. The second-order valence-corrected chi connectivity index (χ2v) is 12.9. The molecule has 2 aromatic carbocycles. The van der Waals surface area contributed by atoms with Crippen LogP contribution >= 0.6 is 0 Å². The van der Waals surface area contributed by atoms with Crippen LogP contribution in [0, 0.1) is 0 Å². The van der Waals surface area contributed by atoms with Gasteiger partial charge >= 0.3 is 0 Å². The molecule has 3 fully saturated rings. The van der Waals surface area contributed by atoms with Gasteiger partial charge in [-0.15, -0.1) is 0 Å². The zero-order valence-corrected chi connectivity index (χ0v) is 28.3. The number of benzene rings is 2. The second kappa shape index (κ2) is 16.1. The van der Waals surface area contributed by atoms with Crippen molar-refractivity contribution in [3.63, 3.8) is 0 Å². The lowest BCUT2D eigenvalue weighted by molar-refractivity contribution is -0.354. The van der Waals surface area contributed by atoms with E-state index in [4.69, 9.17) is 37.6 Å². The Labute approximate surface area is 300 Å². The summed E-state index contributed by atoms with van der Waals surface area (Å²) < 4.78 is 45.5. The molecule has 3 aliphatic heterocycles. The molecular weight excluding hydrogens is 712 g/mol. The van der Waals surface area contributed by atoms with Crippen LogP contribution in [0.1, 0.15) is 6.92 Å². The highest BCUT2D eigenvalue weighted by atomic mass is 16.8. The third-order valence-electron chi connectivity index (χ3n) is 9.40. The molecule has 6 rings (SSSR count). The van der Waals surface area contributed by atoms with Crippen molar-refractivity contribution in [2.75, 3.05) is 20.3 Å². The number of aliphatic hydroxyl groups excluding tert-OH is 10. The van der Waals surface area contributed by atoms with Crippen LogP contribution in [-0.4, -0.2) is 164 Å². The fraction of sp³-hybridized carbons (Fsp3) is 0.559. The standard InChI is InChI=1S/C34H42O19/c1-12-23(38)26(41)29(44)32(47-12)53-31-28(43)25(40)21(11-36)52-34(31)49-15-7-18(46-2)22-16(37)9-17(50-19(22)8-15)13-3-5-14(6-4-13)48-33-30(45)27(42)24(39)20(10-35)51-33/h3-9,12,20-21,23-36,38-45H,10-11H2,1-2H3/t12-,20+,21+,23-,24+,25+,26+,27-,28-,29+,30+,31+,32-,33-,34-/m0/s1. The van der Waals surface area contributed by atoms with Crippen molar-refractivity contribution in [2.24, 2.45) is 0 Å². The number of aliphatic hydroxyl groups is 10. The highest BCUT2D eigenvalue weighted by Crippen LogP contribution is 2.36. The van der Waals surface area contributed by atoms with Crippen molar-refractivity contribution >= 4 is 11.0 Å². The monoisotopic (exact) mass is 754 g/mol. The molecule has 0 amide bonds. The largest absolute Gasteiger partial charge is 0.496 e. The van der Waals surface area contributed by atoms with Crippen molar-refractivity contribution in [3.8, 4) is 28.6 Å². The zero-order chi connectivity index (χ0) is 38.3. The van der Waals surface area contributed by atoms with Gasteiger partial charge in [-0.05, 0) is 31.2 Å². The van der Waals surface area contributed by atoms with Gasteiger partial charge in [0.05, 0.1) is 26.4 Å². The molecule has 19 heteroatoms. The minimum Gasteiger partial charge on any atom is -0.496 e. The first-order valence-corrected chi connectivity index (χ1v) is 16.6. The average molecular weight is 755 g/mol. The van der Waals surface area contributed by atoms with E-state index in [-0.39, 0.29) is 34.0 Å². The van der Waals surface area contributed by atoms with Gasteiger partial charge in [-0.1, -0.05) is 0 Å². The quantitative estimate of drug-likeness (QED) is 0.0968. The Kier molecular flexibility index (Phi) is 11.9. The van der Waals surface area contributed by atoms with Crippen molar-refractivity contribution in [1.82, 2.24) is 0 Å². The summed E-state index contributed by atoms with van der Waals surface area (Å²) in [5.41, 5.74) is -0.123. The first-order valence-electron chi connectivity index (χ1n) is 16.6. The van der Waals surface area contributed by atoms with Crippen LogP contribution in [0.2, 0.25) is 0 Å². The molecule has 0 saturated carbocycles. The molecule has 15 atom stereocenters. The van der Waals surface area contributed by atoms with E-state index >= 15 is 0 Å². The molecule has 1 aromatic heterocycles. The van der Waals surface area contributed by atoms with E-state index < -0.39 is 111 Å². The maximum Gasteiger partial charge on any atom is 0.229 e. The molecule has 3 aliphatic rings. The smallest absolute Gasteiger partial charge is 0.229 e. The highest BCUT2D eigenvalue weighted by Gasteiger charge is 2.51. The molecule has 3 saturated heterocycles. The van der Waals surface area contributed by atoms with E-state index in [0.29, 0.717) is 5.56 Å². The third-order valence-corrected chi connectivity index (χ3v) is 9.40. The second-order valence-electron chi connectivity index (χ2n) is 12.9. The van der Waals surface area contributed by atoms with E-state index in [1.807, 2.05) is 0 Å². The summed E-state index contributed by atoms with van der Waals surface area (Å²) >= 11 is 0. The first-order chi connectivity index (χ1) is 25.3. The van der Waals surface area contributed by atoms with Gasteiger partial charge in [0.1, 0.15) is 95.0 Å². The van der Waals surface area contributed by atoms with E-state index in [1.165, 1.54) is 56.5 Å². The molecule has 4 heterocycles. The molecule has 19 nitrogen and oxygen atoms in total. The van der Waals surface area contributed by atoms with Crippen molar-refractivity contribution in [2.45, 2.75) is 99.0 Å². The number of hydrogen-bond donors (Lipinski definition) is 10. The molecule has 0 radical (unpaired) electrons. The van der Waals surface area contributed by atoms with Crippen molar-refractivity contribution in [3.05, 3.63) is 52.7 Å². The van der Waals surface area contributed by atoms with Crippen LogP contribution in [0.4, 0.5) is 0 Å². The summed E-state index contributed by atoms with van der Waals surface area (Å²) in [6, 6.07) is 9.85. The summed E-state index contributed by atoms with van der Waals surface area (Å²) in [6.45, 7) is 0.0551. The molecule has 0 bridgehead atoms. The lowest BCUT2D eigenvalue weighted by Crippen LogP contribution is -2.64. The summed E-state index contributed by atoms with van der Waals surface area (Å²) in [5.74, 6) is 0.229. The van der Waals surface area contributed by atoms with Gasteiger partial charge in [-0.2, -0.15) is 0 Å². The number of methoxy groups -OCH3 is 1. The van der Waals surface area contributed by atoms with Gasteiger partial charge in [0.15, 0.2) is 17.8 Å². The Bertz CT molecular complexity index is 1750. The predicted octanol–water partition coefficient (Wildman–Crippen LogP) is -3.32. The topological polar surface area (TPSA) is 297 Å². The maximum absolute atomic E-state index is 13.4. The Hall–Kier alpha value is -3.51. The maximum atomic E-state index is 13.4. The molecule has 0 spiro atoms. The zero-order valence-electron chi connectivity index (χ0n) is 28.3. The van der Waals surface area contributed by atoms with Crippen LogP contribution in [0.3, 0.4) is 0 Å². The summed E-state index contributed by atoms with van der Waals surface area (Å²) in [7, 11) is 1.30. The van der Waals surface area contributed by atoms with E-state index in [1.54, 1.807) is 0 Å². The van der Waals surface area contributed by atoms with Crippen molar-refractivity contribution in [1.29, 1.82) is 0 Å². The Balaban J connectivity index is 1.26. The van der Waals surface area contributed by atoms with Crippen LogP contribution in [0.25, 0.3) is 22.3 Å². The highest BCUT2D eigenvalue weighted by molar-refractivity contribution is 5.86. The van der Waals surface area contributed by atoms with Crippen molar-refractivity contribution < 1.29 is 88.6 Å². The minimum absolute atomic E-state index is 0.0191. The Morgan fingerprint density at radius 3 is 1.87 bits per heavy atom. The molecule has 53 heavy (non-hydrogen) atoms. The fourth-order valence-electron chi connectivity index (χ4n) is 6.31. The van der Waals surface area contributed by atoms with Crippen LogP contribution in [-0.2, 0) is 18.9 Å². The number of rotatable bonds is 10. The summed E-state index contributed by atoms with van der Waals surface area (Å²) in [4.78, 5) is 13.4. The average Bonchev–Trinajstić information content (AvgIpc) is 3.15. The van der Waals surface area contributed by atoms with Gasteiger partial charge < -0.3 is 88.6 Å². The van der Waals surface area contributed by atoms with Crippen LogP contribution < -0.4 is 19.6 Å². The first kappa shape index (κ1) is 39.2. The molecule has 3 aromatic rings. The molecule has 10 N–H and O–H groups in total. The Morgan fingerprint density at radius 1 is 0.642 bits per heavy atom. The summed E-state index contributed by atoms with van der Waals surface area (Å²) in [6.07, 6.45) is -22.9. The predicted molar refractivity (Wildman–Crippen MR) is 174 cm³/mol. The van der Waals surface area contributed by atoms with E-state index in [2.05, 4.69) is 0 Å². The third kappa shape index (κ3) is 7.72. The van der Waals surface area contributed by atoms with E-state index in [0.717, 1.165) is 0 Å². The minimum atomic E-state index is -1.78. The molecular formula is C34H42O19. The summed E-state index contributed by atoms with van der Waals surface area (Å²) in [5, 5.41) is 102. The number of hydrogen-bond acceptors (Lipinski definition) is 19. The van der Waals surface area contributed by atoms with Crippen LogP contribution in [0.15, 0.2) is 51.7 Å². The molecule has 0 unspecified atom stereocenters. The molecule has 0 aliphatic carbocycles. The van der Waals surface area contributed by atoms with Gasteiger partial charge in [0, 0.05) is 23.8 Å². The Morgan fingerprint density at radius 2 is 1.23 bits per heavy atom. The number of fused-ring (bicyclic) bond motifs is 1. The van der Waals surface area contributed by atoms with Gasteiger partial charge in [0.2, 0.25) is 12.6 Å². The number of ether oxygens (including phenoxy) is 7. The SMILES string of the molecule is COc1cc(O[C@H]2O[C@H](CO)[C@@H](O)[C@H](O)[C@H]2O[C@@H]2O[C@@H](C)[C@H](O)[C@@H](O)[C@H]2O)cc2oc(-c3ccc(O[C@H]4O[C@H](CO)[C@@H](O)[C@H](O)[C@H]4O)cc3)cc(=O)c12. The lowest BCUT2D eigenvalue weighted by atomic mass is 9.97. The van der Waals surface area contributed by atoms with Crippen LogP contribution in [0.5, 0.6) is 17.2 Å².